The molecule has 2 aliphatic heterocycles. The lowest BCUT2D eigenvalue weighted by Crippen LogP contribution is -2.54. The van der Waals surface area contributed by atoms with Crippen LogP contribution in [-0.4, -0.2) is 41.2 Å². The maximum absolute atomic E-state index is 11.5. The molecule has 1 amide bonds. The molecule has 2 fully saturated rings. The zero-order valence-electron chi connectivity index (χ0n) is 6.48. The summed E-state index contributed by atoms with van der Waals surface area (Å²) in [6, 6.07) is -0.556. The Morgan fingerprint density at radius 1 is 1.54 bits per heavy atom. The molecule has 2 saturated heterocycles. The molecule has 2 rings (SSSR count). The van der Waals surface area contributed by atoms with Gasteiger partial charge in [0, 0.05) is 5.88 Å². The second-order valence-corrected chi connectivity index (χ2v) is 6.39. The third-order valence-corrected chi connectivity index (χ3v) is 5.90. The molecule has 0 bridgehead atoms. The summed E-state index contributed by atoms with van der Waals surface area (Å²) in [5.41, 5.74) is 0. The Bertz CT molecular complexity index is 355. The van der Waals surface area contributed by atoms with E-state index in [0.717, 1.165) is 0 Å². The number of halogens is 2. The van der Waals surface area contributed by atoms with Crippen molar-refractivity contribution in [3.63, 3.8) is 0 Å². The summed E-state index contributed by atoms with van der Waals surface area (Å²) in [5.74, 6) is -0.113. The molecule has 2 unspecified atom stereocenters. The molecule has 3 atom stereocenters. The molecule has 4 nitrogen and oxygen atoms in total. The zero-order valence-corrected chi connectivity index (χ0v) is 8.81. The van der Waals surface area contributed by atoms with Gasteiger partial charge in [0.25, 0.3) is 0 Å². The van der Waals surface area contributed by atoms with Crippen LogP contribution < -0.4 is 0 Å². The lowest BCUT2D eigenvalue weighted by atomic mass is 10.1. The fourth-order valence-electron chi connectivity index (χ4n) is 1.71. The third kappa shape index (κ3) is 1.04. The minimum absolute atomic E-state index is 0.0545. The smallest absolute Gasteiger partial charge is 0.227 e. The average molecular weight is 244 g/mol. The molecule has 0 aliphatic carbocycles. The number of carbonyl (C=O) groups excluding carboxylic acids is 1. The predicted octanol–water partition coefficient (Wildman–Crippen LogP) is 0.145. The summed E-state index contributed by atoms with van der Waals surface area (Å²) < 4.78 is 21.9. The van der Waals surface area contributed by atoms with E-state index in [4.69, 9.17) is 23.2 Å². The summed E-state index contributed by atoms with van der Waals surface area (Å²) in [5, 5.41) is -0.716. The van der Waals surface area contributed by atoms with Gasteiger partial charge in [-0.1, -0.05) is 0 Å². The molecule has 0 aromatic carbocycles. The van der Waals surface area contributed by atoms with E-state index in [-0.39, 0.29) is 18.2 Å². The Hall–Kier alpha value is -0.000000000000000111. The number of fused-ring (bicyclic) bond motifs is 1. The van der Waals surface area contributed by atoms with Crippen molar-refractivity contribution in [3.8, 4) is 0 Å². The topological polar surface area (TPSA) is 54.5 Å². The summed E-state index contributed by atoms with van der Waals surface area (Å²) in [6.45, 7) is 0. The quantitative estimate of drug-likeness (QED) is 0.487. The standard InChI is InChI=1S/C6H7Cl2NO3S/c7-2-3-6(8)13(11,12)5-1-4(10)9(3)5/h3,5-6H,1-2H2/t3?,5-,6?/m1/s1. The first-order valence-corrected chi connectivity index (χ1v) is 6.32. The monoisotopic (exact) mass is 243 g/mol. The highest BCUT2D eigenvalue weighted by Crippen LogP contribution is 2.41. The van der Waals surface area contributed by atoms with Gasteiger partial charge in [0.2, 0.25) is 5.91 Å². The summed E-state index contributed by atoms with van der Waals surface area (Å²) in [7, 11) is -3.37. The van der Waals surface area contributed by atoms with Crippen LogP contribution in [0.25, 0.3) is 0 Å². The first kappa shape index (κ1) is 9.55. The number of rotatable bonds is 1. The van der Waals surface area contributed by atoms with Gasteiger partial charge in [-0.05, 0) is 0 Å². The van der Waals surface area contributed by atoms with E-state index in [9.17, 15) is 13.2 Å². The molecule has 74 valence electrons. The van der Waals surface area contributed by atoms with Crippen LogP contribution in [-0.2, 0) is 14.6 Å². The normalized spacial score (nSPS) is 41.5. The van der Waals surface area contributed by atoms with Gasteiger partial charge in [-0.3, -0.25) is 4.79 Å². The van der Waals surface area contributed by atoms with Crippen molar-refractivity contribution < 1.29 is 13.2 Å². The largest absolute Gasteiger partial charge is 0.318 e. The van der Waals surface area contributed by atoms with Crippen LogP contribution in [0.4, 0.5) is 0 Å². The molecule has 7 heteroatoms. The number of sulfone groups is 1. The van der Waals surface area contributed by atoms with Crippen molar-refractivity contribution in [2.45, 2.75) is 22.5 Å². The van der Waals surface area contributed by atoms with E-state index >= 15 is 0 Å². The van der Waals surface area contributed by atoms with Crippen molar-refractivity contribution in [1.29, 1.82) is 0 Å². The number of hydrogen-bond donors (Lipinski definition) is 0. The Labute approximate surface area is 85.7 Å². The van der Waals surface area contributed by atoms with Crippen molar-refractivity contribution >= 4 is 38.9 Å². The van der Waals surface area contributed by atoms with Crippen LogP contribution in [0.5, 0.6) is 0 Å². The Morgan fingerprint density at radius 3 is 2.54 bits per heavy atom. The molecule has 0 aromatic heterocycles. The Balaban J connectivity index is 2.40. The van der Waals surface area contributed by atoms with Crippen LogP contribution in [0, 0.1) is 0 Å². The Kier molecular flexibility index (Phi) is 2.02. The summed E-state index contributed by atoms with van der Waals surface area (Å²) in [6.07, 6.45) is 0.0545. The molecular weight excluding hydrogens is 237 g/mol. The van der Waals surface area contributed by atoms with E-state index in [2.05, 4.69) is 0 Å². The highest BCUT2D eigenvalue weighted by atomic mass is 35.5. The molecular formula is C6H7Cl2NO3S. The van der Waals surface area contributed by atoms with Gasteiger partial charge in [0.1, 0.15) is 5.37 Å². The van der Waals surface area contributed by atoms with Crippen molar-refractivity contribution in [2.24, 2.45) is 0 Å². The molecule has 0 saturated carbocycles. The van der Waals surface area contributed by atoms with Crippen LogP contribution in [0.3, 0.4) is 0 Å². The van der Waals surface area contributed by atoms with Gasteiger partial charge in [0.15, 0.2) is 14.5 Å². The average Bonchev–Trinajstić information content (AvgIpc) is 2.21. The number of amides is 1. The molecule has 0 radical (unpaired) electrons. The Morgan fingerprint density at radius 2 is 2.15 bits per heavy atom. The number of nitrogens with zero attached hydrogens (tertiary/aromatic N) is 1. The van der Waals surface area contributed by atoms with Crippen LogP contribution >= 0.6 is 23.2 Å². The van der Waals surface area contributed by atoms with Crippen LogP contribution in [0.2, 0.25) is 0 Å². The maximum Gasteiger partial charge on any atom is 0.227 e. The van der Waals surface area contributed by atoms with Gasteiger partial charge in [-0.15, -0.1) is 23.2 Å². The minimum Gasteiger partial charge on any atom is -0.318 e. The molecule has 0 spiro atoms. The van der Waals surface area contributed by atoms with Gasteiger partial charge in [-0.2, -0.15) is 0 Å². The highest BCUT2D eigenvalue weighted by Gasteiger charge is 2.60. The molecule has 2 aliphatic rings. The van der Waals surface area contributed by atoms with Crippen molar-refractivity contribution in [2.75, 3.05) is 5.88 Å². The van der Waals surface area contributed by atoms with E-state index in [1.165, 1.54) is 4.90 Å². The third-order valence-electron chi connectivity index (χ3n) is 2.46. The zero-order chi connectivity index (χ0) is 9.80. The lowest BCUT2D eigenvalue weighted by Gasteiger charge is -2.35. The summed E-state index contributed by atoms with van der Waals surface area (Å²) >= 11 is 11.2. The van der Waals surface area contributed by atoms with Gasteiger partial charge in [0.05, 0.1) is 12.5 Å². The number of carbonyl (C=O) groups is 1. The van der Waals surface area contributed by atoms with Crippen LogP contribution in [0.15, 0.2) is 0 Å². The van der Waals surface area contributed by atoms with Crippen molar-refractivity contribution in [3.05, 3.63) is 0 Å². The van der Waals surface area contributed by atoms with E-state index in [0.29, 0.717) is 0 Å². The molecule has 0 N–H and O–H groups in total. The van der Waals surface area contributed by atoms with Gasteiger partial charge < -0.3 is 4.90 Å². The minimum atomic E-state index is -3.37. The van der Waals surface area contributed by atoms with E-state index in [1.54, 1.807) is 0 Å². The SMILES string of the molecule is O=C1C[C@@H]2N1C(CCl)C(Cl)S2(=O)=O. The van der Waals surface area contributed by atoms with Gasteiger partial charge in [-0.25, -0.2) is 8.42 Å². The second-order valence-electron chi connectivity index (χ2n) is 3.12. The number of alkyl halides is 2. The first-order valence-electron chi connectivity index (χ1n) is 3.74. The molecule has 13 heavy (non-hydrogen) atoms. The highest BCUT2D eigenvalue weighted by molar-refractivity contribution is 7.94. The van der Waals surface area contributed by atoms with Gasteiger partial charge >= 0.3 is 0 Å². The van der Waals surface area contributed by atoms with Crippen molar-refractivity contribution in [1.82, 2.24) is 4.90 Å². The first-order chi connectivity index (χ1) is 6.00. The lowest BCUT2D eigenvalue weighted by molar-refractivity contribution is -0.143. The molecule has 2 heterocycles. The number of hydrogen-bond acceptors (Lipinski definition) is 3. The fourth-order valence-corrected chi connectivity index (χ4v) is 4.74. The maximum atomic E-state index is 11.5. The molecule has 0 aromatic rings. The number of β-lactam (4-membered cyclic amide) rings is 1. The second kappa shape index (κ2) is 2.74. The predicted molar refractivity (Wildman–Crippen MR) is 48.3 cm³/mol. The van der Waals surface area contributed by atoms with E-state index in [1.807, 2.05) is 0 Å². The fraction of sp³-hybridized carbons (Fsp3) is 0.833. The van der Waals surface area contributed by atoms with E-state index < -0.39 is 26.0 Å². The summed E-state index contributed by atoms with van der Waals surface area (Å²) in [4.78, 5) is 12.3. The van der Waals surface area contributed by atoms with Crippen LogP contribution in [0.1, 0.15) is 6.42 Å².